The highest BCUT2D eigenvalue weighted by Crippen LogP contribution is 2.38. The zero-order chi connectivity index (χ0) is 17.9. The molecule has 0 aliphatic heterocycles. The number of hydrogen-bond acceptors (Lipinski definition) is 4. The SMILES string of the molecule is COCOc1ccc(C(O)c2c(Cl)cc(N)cc2Cl)cc1C(C)C. The van der Waals surface area contributed by atoms with Crippen molar-refractivity contribution in [1.29, 1.82) is 0 Å². The lowest BCUT2D eigenvalue weighted by molar-refractivity contribution is 0.0502. The van der Waals surface area contributed by atoms with E-state index in [4.69, 9.17) is 38.4 Å². The fourth-order valence-electron chi connectivity index (χ4n) is 2.47. The van der Waals surface area contributed by atoms with Crippen LogP contribution in [-0.4, -0.2) is 19.0 Å². The molecule has 0 aliphatic rings. The first-order chi connectivity index (χ1) is 11.3. The summed E-state index contributed by atoms with van der Waals surface area (Å²) in [5, 5.41) is 11.4. The van der Waals surface area contributed by atoms with Crippen LogP contribution in [0.25, 0.3) is 0 Å². The van der Waals surface area contributed by atoms with E-state index in [1.54, 1.807) is 25.3 Å². The number of anilines is 1. The number of hydrogen-bond donors (Lipinski definition) is 2. The molecule has 2 aromatic carbocycles. The van der Waals surface area contributed by atoms with Crippen LogP contribution >= 0.6 is 23.2 Å². The van der Waals surface area contributed by atoms with Crippen LogP contribution in [0, 0.1) is 0 Å². The van der Waals surface area contributed by atoms with Gasteiger partial charge in [0, 0.05) is 18.4 Å². The molecular formula is C18H21Cl2NO3. The second-order valence-corrected chi connectivity index (χ2v) is 6.62. The lowest BCUT2D eigenvalue weighted by Crippen LogP contribution is -2.06. The molecule has 130 valence electrons. The Kier molecular flexibility index (Phi) is 6.35. The van der Waals surface area contributed by atoms with Crippen LogP contribution in [0.4, 0.5) is 5.69 Å². The molecule has 0 spiro atoms. The molecule has 0 saturated carbocycles. The third-order valence-corrected chi connectivity index (χ3v) is 4.30. The van der Waals surface area contributed by atoms with Crippen molar-refractivity contribution in [3.63, 3.8) is 0 Å². The van der Waals surface area contributed by atoms with Gasteiger partial charge in [-0.15, -0.1) is 0 Å². The largest absolute Gasteiger partial charge is 0.467 e. The first-order valence-electron chi connectivity index (χ1n) is 7.53. The van der Waals surface area contributed by atoms with E-state index in [2.05, 4.69) is 0 Å². The molecule has 0 amide bonds. The topological polar surface area (TPSA) is 64.7 Å². The number of methoxy groups -OCH3 is 1. The summed E-state index contributed by atoms with van der Waals surface area (Å²) in [7, 11) is 1.57. The highest BCUT2D eigenvalue weighted by atomic mass is 35.5. The second-order valence-electron chi connectivity index (χ2n) is 5.80. The minimum Gasteiger partial charge on any atom is -0.467 e. The van der Waals surface area contributed by atoms with Crippen LogP contribution in [0.3, 0.4) is 0 Å². The smallest absolute Gasteiger partial charge is 0.188 e. The van der Waals surface area contributed by atoms with E-state index in [1.165, 1.54) is 0 Å². The fourth-order valence-corrected chi connectivity index (χ4v) is 3.18. The summed E-state index contributed by atoms with van der Waals surface area (Å²) in [6, 6.07) is 8.64. The summed E-state index contributed by atoms with van der Waals surface area (Å²) in [4.78, 5) is 0. The predicted octanol–water partition coefficient (Wildman–Crippen LogP) is 4.76. The Bertz CT molecular complexity index is 696. The average molecular weight is 370 g/mol. The van der Waals surface area contributed by atoms with E-state index in [-0.39, 0.29) is 12.7 Å². The molecule has 1 atom stereocenters. The molecule has 2 aromatic rings. The molecule has 0 radical (unpaired) electrons. The van der Waals surface area contributed by atoms with Crippen LogP contribution in [-0.2, 0) is 4.74 Å². The number of nitrogens with two attached hydrogens (primary N) is 1. The van der Waals surface area contributed by atoms with Gasteiger partial charge in [-0.2, -0.15) is 0 Å². The number of halogens is 2. The van der Waals surface area contributed by atoms with E-state index in [9.17, 15) is 5.11 Å². The maximum atomic E-state index is 10.7. The van der Waals surface area contributed by atoms with Crippen molar-refractivity contribution in [3.05, 3.63) is 57.1 Å². The zero-order valence-corrected chi connectivity index (χ0v) is 15.4. The number of nitrogen functional groups attached to an aromatic ring is 1. The van der Waals surface area contributed by atoms with E-state index in [0.29, 0.717) is 26.9 Å². The molecule has 0 fully saturated rings. The standard InChI is InChI=1S/C18H21Cl2NO3/c1-10(2)13-6-11(4-5-16(13)24-9-23-3)18(22)17-14(19)7-12(21)8-15(17)20/h4-8,10,18,22H,9,21H2,1-3H3. The number of ether oxygens (including phenoxy) is 2. The van der Waals surface area contributed by atoms with Gasteiger partial charge in [0.15, 0.2) is 6.79 Å². The molecule has 1 unspecified atom stereocenters. The van der Waals surface area contributed by atoms with Crippen molar-refractivity contribution in [2.24, 2.45) is 0 Å². The molecule has 4 nitrogen and oxygen atoms in total. The zero-order valence-electron chi connectivity index (χ0n) is 13.8. The molecule has 2 rings (SSSR count). The van der Waals surface area contributed by atoms with Gasteiger partial charge in [0.25, 0.3) is 0 Å². The van der Waals surface area contributed by atoms with Crippen molar-refractivity contribution < 1.29 is 14.6 Å². The van der Waals surface area contributed by atoms with Gasteiger partial charge in [-0.3, -0.25) is 0 Å². The number of aliphatic hydroxyl groups is 1. The molecule has 0 bridgehead atoms. The third kappa shape index (κ3) is 4.14. The normalized spacial score (nSPS) is 12.5. The molecule has 0 saturated heterocycles. The lowest BCUT2D eigenvalue weighted by atomic mass is 9.94. The number of rotatable bonds is 6. The fraction of sp³-hybridized carbons (Fsp3) is 0.333. The number of benzene rings is 2. The van der Waals surface area contributed by atoms with Gasteiger partial charge in [0.05, 0.1) is 10.0 Å². The van der Waals surface area contributed by atoms with E-state index in [0.717, 1.165) is 11.3 Å². The molecule has 24 heavy (non-hydrogen) atoms. The first-order valence-corrected chi connectivity index (χ1v) is 8.28. The van der Waals surface area contributed by atoms with Gasteiger partial charge in [-0.1, -0.05) is 43.1 Å². The van der Waals surface area contributed by atoms with Crippen molar-refractivity contribution in [3.8, 4) is 5.75 Å². The van der Waals surface area contributed by atoms with E-state index >= 15 is 0 Å². The van der Waals surface area contributed by atoms with Crippen LogP contribution in [0.1, 0.15) is 42.6 Å². The van der Waals surface area contributed by atoms with E-state index < -0.39 is 6.10 Å². The lowest BCUT2D eigenvalue weighted by Gasteiger charge is -2.19. The van der Waals surface area contributed by atoms with Crippen LogP contribution < -0.4 is 10.5 Å². The van der Waals surface area contributed by atoms with Gasteiger partial charge in [0.1, 0.15) is 11.9 Å². The molecule has 0 aromatic heterocycles. The molecule has 0 aliphatic carbocycles. The summed E-state index contributed by atoms with van der Waals surface area (Å²) in [6.07, 6.45) is -0.959. The third-order valence-electron chi connectivity index (χ3n) is 3.68. The second kappa shape index (κ2) is 8.08. The first kappa shape index (κ1) is 18.9. The summed E-state index contributed by atoms with van der Waals surface area (Å²) in [5.41, 5.74) is 8.25. The Morgan fingerprint density at radius 3 is 2.29 bits per heavy atom. The van der Waals surface area contributed by atoms with Gasteiger partial charge < -0.3 is 20.3 Å². The predicted molar refractivity (Wildman–Crippen MR) is 98.0 cm³/mol. The molecule has 3 N–H and O–H groups in total. The quantitative estimate of drug-likeness (QED) is 0.568. The Hall–Kier alpha value is -1.46. The Balaban J connectivity index is 2.43. The summed E-state index contributed by atoms with van der Waals surface area (Å²) < 4.78 is 10.5. The van der Waals surface area contributed by atoms with Gasteiger partial charge in [-0.25, -0.2) is 0 Å². The van der Waals surface area contributed by atoms with E-state index in [1.807, 2.05) is 26.0 Å². The van der Waals surface area contributed by atoms with Gasteiger partial charge in [-0.05, 0) is 41.3 Å². The van der Waals surface area contributed by atoms with Crippen LogP contribution in [0.5, 0.6) is 5.75 Å². The molecule has 6 heteroatoms. The molecule has 0 heterocycles. The summed E-state index contributed by atoms with van der Waals surface area (Å²) in [5.74, 6) is 0.929. The average Bonchev–Trinajstić information content (AvgIpc) is 2.51. The number of aliphatic hydroxyl groups excluding tert-OH is 1. The molecular weight excluding hydrogens is 349 g/mol. The van der Waals surface area contributed by atoms with Crippen molar-refractivity contribution in [2.45, 2.75) is 25.9 Å². The maximum absolute atomic E-state index is 10.7. The summed E-state index contributed by atoms with van der Waals surface area (Å²) in [6.45, 7) is 4.26. The highest BCUT2D eigenvalue weighted by molar-refractivity contribution is 6.36. The minimum atomic E-state index is -0.959. The Morgan fingerprint density at radius 1 is 1.12 bits per heavy atom. The minimum absolute atomic E-state index is 0.164. The summed E-state index contributed by atoms with van der Waals surface area (Å²) >= 11 is 12.4. The van der Waals surface area contributed by atoms with Crippen LogP contribution in [0.2, 0.25) is 10.0 Å². The highest BCUT2D eigenvalue weighted by Gasteiger charge is 2.20. The van der Waals surface area contributed by atoms with Gasteiger partial charge >= 0.3 is 0 Å². The Morgan fingerprint density at radius 2 is 1.75 bits per heavy atom. The monoisotopic (exact) mass is 369 g/mol. The van der Waals surface area contributed by atoms with Gasteiger partial charge in [0.2, 0.25) is 0 Å². The van der Waals surface area contributed by atoms with Crippen molar-refractivity contribution in [1.82, 2.24) is 0 Å². The van der Waals surface area contributed by atoms with Crippen molar-refractivity contribution >= 4 is 28.9 Å². The van der Waals surface area contributed by atoms with Crippen molar-refractivity contribution in [2.75, 3.05) is 19.6 Å². The maximum Gasteiger partial charge on any atom is 0.188 e. The van der Waals surface area contributed by atoms with Crippen LogP contribution in [0.15, 0.2) is 30.3 Å². The Labute approximate surface area is 152 Å².